The quantitative estimate of drug-likeness (QED) is 0.243. The second kappa shape index (κ2) is 13.8. The van der Waals surface area contributed by atoms with Crippen molar-refractivity contribution in [1.29, 1.82) is 0 Å². The highest BCUT2D eigenvalue weighted by atomic mass is 32.2. The first-order valence-corrected chi connectivity index (χ1v) is 15.5. The lowest BCUT2D eigenvalue weighted by molar-refractivity contribution is -0.0778. The fourth-order valence-corrected chi connectivity index (χ4v) is 6.43. The molecule has 2 aromatic carbocycles. The summed E-state index contributed by atoms with van der Waals surface area (Å²) in [7, 11) is -9.19. The summed E-state index contributed by atoms with van der Waals surface area (Å²) >= 11 is 0. The third-order valence-corrected chi connectivity index (χ3v) is 8.33. The minimum Gasteiger partial charge on any atom is -0.379 e. The molecule has 216 valence electrons. The number of urea groups is 1. The zero-order chi connectivity index (χ0) is 28.6. The number of nitrogens with two attached hydrogens (primary N) is 1. The average molecular weight is 586 g/mol. The molecule has 3 atom stereocenters. The summed E-state index contributed by atoms with van der Waals surface area (Å²) in [5.74, 6) is -0.122. The minimum absolute atomic E-state index is 0.0508. The van der Waals surface area contributed by atoms with Crippen LogP contribution in [0.5, 0.6) is 0 Å². The number of benzene rings is 2. The second-order valence-electron chi connectivity index (χ2n) is 9.71. The number of hydrogen-bond donors (Lipinski definition) is 4. The Kier molecular flexibility index (Phi) is 11.1. The first kappa shape index (κ1) is 31.2. The number of nitrogens with zero attached hydrogens (tertiary/aromatic N) is 1. The molecular formula is C25H36N3O9PS. The summed E-state index contributed by atoms with van der Waals surface area (Å²) in [6.45, 7) is 4.13. The molecule has 0 spiro atoms. The Bertz CT molecular complexity index is 1220. The lowest BCUT2D eigenvalue weighted by Crippen LogP contribution is -2.47. The van der Waals surface area contributed by atoms with Crippen LogP contribution in [0.4, 0.5) is 10.5 Å². The van der Waals surface area contributed by atoms with E-state index in [2.05, 4.69) is 5.32 Å². The normalized spacial score (nSPS) is 17.8. The van der Waals surface area contributed by atoms with Gasteiger partial charge in [0.2, 0.25) is 10.0 Å². The fraction of sp³-hybridized carbons (Fsp3) is 0.480. The van der Waals surface area contributed by atoms with Gasteiger partial charge in [0.15, 0.2) is 0 Å². The van der Waals surface area contributed by atoms with Gasteiger partial charge in [0.25, 0.3) is 0 Å². The number of sulfonamides is 1. The molecule has 1 aliphatic heterocycles. The second-order valence-corrected chi connectivity index (χ2v) is 12.8. The Morgan fingerprint density at radius 1 is 1.13 bits per heavy atom. The summed E-state index contributed by atoms with van der Waals surface area (Å²) in [6, 6.07) is 13.8. The number of anilines is 1. The van der Waals surface area contributed by atoms with Gasteiger partial charge >= 0.3 is 13.9 Å². The Balaban J connectivity index is 1.96. The molecule has 0 aromatic heterocycles. The van der Waals surface area contributed by atoms with Gasteiger partial charge in [-0.25, -0.2) is 17.8 Å². The number of carbonyl (C=O) groups excluding carboxylic acids is 1. The summed E-state index contributed by atoms with van der Waals surface area (Å²) in [5, 5.41) is 2.37. The van der Waals surface area contributed by atoms with Crippen molar-refractivity contribution >= 4 is 29.6 Å². The van der Waals surface area contributed by atoms with Crippen molar-refractivity contribution in [2.45, 2.75) is 49.9 Å². The molecule has 3 rings (SSSR count). The summed E-state index contributed by atoms with van der Waals surface area (Å²) < 4.78 is 57.5. The molecule has 5 N–H and O–H groups in total. The van der Waals surface area contributed by atoms with Crippen LogP contribution in [0.1, 0.15) is 25.8 Å². The van der Waals surface area contributed by atoms with E-state index < -0.39 is 36.1 Å². The maximum Gasteiger partial charge on any atom is 0.469 e. The molecule has 1 aliphatic rings. The third kappa shape index (κ3) is 9.96. The van der Waals surface area contributed by atoms with Gasteiger partial charge in [-0.15, -0.1) is 0 Å². The van der Waals surface area contributed by atoms with Crippen LogP contribution in [-0.2, 0) is 35.0 Å². The number of nitrogens with one attached hydrogen (secondary N) is 1. The summed E-state index contributed by atoms with van der Waals surface area (Å²) in [4.78, 5) is 30.6. The summed E-state index contributed by atoms with van der Waals surface area (Å²) in [6.07, 6.45) is -1.71. The van der Waals surface area contributed by atoms with E-state index in [1.54, 1.807) is 0 Å². The maximum atomic E-state index is 13.7. The molecule has 1 fully saturated rings. The van der Waals surface area contributed by atoms with Crippen LogP contribution in [0.2, 0.25) is 0 Å². The fourth-order valence-electron chi connectivity index (χ4n) is 4.26. The van der Waals surface area contributed by atoms with Crippen LogP contribution in [0.25, 0.3) is 0 Å². The Morgan fingerprint density at radius 2 is 1.79 bits per heavy atom. The van der Waals surface area contributed by atoms with Crippen LogP contribution < -0.4 is 11.1 Å². The molecule has 1 heterocycles. The number of rotatable bonds is 14. The smallest absolute Gasteiger partial charge is 0.379 e. The maximum absolute atomic E-state index is 13.7. The molecule has 2 aromatic rings. The van der Waals surface area contributed by atoms with Crippen molar-refractivity contribution in [3.8, 4) is 0 Å². The van der Waals surface area contributed by atoms with E-state index in [1.165, 1.54) is 24.3 Å². The van der Waals surface area contributed by atoms with E-state index in [-0.39, 0.29) is 36.4 Å². The van der Waals surface area contributed by atoms with E-state index in [9.17, 15) is 27.6 Å². The van der Waals surface area contributed by atoms with E-state index in [0.29, 0.717) is 25.3 Å². The predicted molar refractivity (Wildman–Crippen MR) is 144 cm³/mol. The summed E-state index contributed by atoms with van der Waals surface area (Å²) in [5.41, 5.74) is 6.27. The Labute approximate surface area is 228 Å². The lowest BCUT2D eigenvalue weighted by Gasteiger charge is -2.34. The first-order valence-electron chi connectivity index (χ1n) is 12.5. The highest BCUT2D eigenvalue weighted by molar-refractivity contribution is 7.89. The van der Waals surface area contributed by atoms with Gasteiger partial charge in [0.05, 0.1) is 23.7 Å². The van der Waals surface area contributed by atoms with Crippen molar-refractivity contribution in [1.82, 2.24) is 4.31 Å². The third-order valence-electron chi connectivity index (χ3n) is 5.93. The molecule has 12 nitrogen and oxygen atoms in total. The first-order chi connectivity index (χ1) is 18.3. The minimum atomic E-state index is -5.04. The van der Waals surface area contributed by atoms with Crippen molar-refractivity contribution in [3.05, 3.63) is 60.2 Å². The van der Waals surface area contributed by atoms with Crippen LogP contribution >= 0.6 is 7.82 Å². The highest BCUT2D eigenvalue weighted by Crippen LogP contribution is 2.40. The number of carbonyl (C=O) groups is 1. The van der Waals surface area contributed by atoms with Gasteiger partial charge in [-0.3, -0.25) is 4.52 Å². The molecule has 0 saturated carbocycles. The number of primary amides is 1. The number of hydrogen-bond acceptors (Lipinski definition) is 7. The van der Waals surface area contributed by atoms with Gasteiger partial charge in [-0.05, 0) is 42.2 Å². The van der Waals surface area contributed by atoms with Crippen LogP contribution in [0.15, 0.2) is 59.5 Å². The van der Waals surface area contributed by atoms with Crippen molar-refractivity contribution in [2.75, 3.05) is 31.6 Å². The van der Waals surface area contributed by atoms with E-state index >= 15 is 0 Å². The van der Waals surface area contributed by atoms with Crippen molar-refractivity contribution in [3.63, 3.8) is 0 Å². The number of ether oxygens (including phenoxy) is 2. The van der Waals surface area contributed by atoms with Gasteiger partial charge in [0.1, 0.15) is 6.10 Å². The molecule has 2 amide bonds. The van der Waals surface area contributed by atoms with E-state index in [0.717, 1.165) is 9.87 Å². The monoisotopic (exact) mass is 585 g/mol. The molecule has 0 unspecified atom stereocenters. The van der Waals surface area contributed by atoms with E-state index in [1.807, 2.05) is 44.2 Å². The molecule has 0 radical (unpaired) electrons. The number of amides is 2. The zero-order valence-electron chi connectivity index (χ0n) is 21.9. The zero-order valence-corrected chi connectivity index (χ0v) is 23.6. The Hall–Kier alpha value is -2.35. The van der Waals surface area contributed by atoms with Crippen molar-refractivity contribution in [2.24, 2.45) is 11.7 Å². The largest absolute Gasteiger partial charge is 0.469 e. The molecule has 0 aliphatic carbocycles. The van der Waals surface area contributed by atoms with Crippen LogP contribution in [0, 0.1) is 5.92 Å². The topological polar surface area (TPSA) is 178 Å². The molecular weight excluding hydrogens is 549 g/mol. The number of phosphoric acid groups is 1. The van der Waals surface area contributed by atoms with Crippen molar-refractivity contribution < 1.29 is 41.6 Å². The van der Waals surface area contributed by atoms with Gasteiger partial charge in [-0.2, -0.15) is 4.31 Å². The Morgan fingerprint density at radius 3 is 2.33 bits per heavy atom. The van der Waals surface area contributed by atoms with Gasteiger partial charge < -0.3 is 30.3 Å². The predicted octanol–water partition coefficient (Wildman–Crippen LogP) is 2.72. The average Bonchev–Trinajstić information content (AvgIpc) is 3.35. The van der Waals surface area contributed by atoms with Crippen LogP contribution in [0.3, 0.4) is 0 Å². The van der Waals surface area contributed by atoms with E-state index in [4.69, 9.17) is 19.7 Å². The lowest BCUT2D eigenvalue weighted by atomic mass is 10.0. The van der Waals surface area contributed by atoms with Crippen LogP contribution in [-0.4, -0.2) is 73.2 Å². The highest BCUT2D eigenvalue weighted by Gasteiger charge is 2.37. The molecule has 0 bridgehead atoms. The molecule has 39 heavy (non-hydrogen) atoms. The van der Waals surface area contributed by atoms with Gasteiger partial charge in [-0.1, -0.05) is 44.2 Å². The SMILES string of the molecule is CC(C)CN(C[C@@H](OP(=O)(O)O)[C@H](Cc1ccccc1)O[C@H]1CCOC1)S(=O)(=O)c1ccc(NC(N)=O)cc1. The standard InChI is InChI=1S/C25H36N3O9PS/c1-18(2)15-28(39(33,34)22-10-8-20(9-11-22)27-25(26)29)16-24(37-38(30,31)32)23(36-21-12-13-35-17-21)14-19-6-4-3-5-7-19/h3-11,18,21,23-24H,12-17H2,1-2H3,(H3,26,27,29)(H2,30,31,32)/t21-,23-,24+/m0/s1. The molecule has 1 saturated heterocycles. The number of phosphoric ester groups is 1. The molecule has 14 heteroatoms. The van der Waals surface area contributed by atoms with Gasteiger partial charge in [0, 0.05) is 31.8 Å².